The fourth-order valence-electron chi connectivity index (χ4n) is 2.77. The number of carbonyl (C=O) groups is 1. The third-order valence-corrected chi connectivity index (χ3v) is 3.98. The van der Waals surface area contributed by atoms with Crippen molar-refractivity contribution in [3.05, 3.63) is 23.3 Å². The van der Waals surface area contributed by atoms with Crippen molar-refractivity contribution in [1.82, 2.24) is 9.97 Å². The van der Waals surface area contributed by atoms with Gasteiger partial charge in [-0.1, -0.05) is 0 Å². The van der Waals surface area contributed by atoms with Gasteiger partial charge in [-0.2, -0.15) is 0 Å². The van der Waals surface area contributed by atoms with E-state index in [9.17, 15) is 4.79 Å². The molecule has 0 saturated heterocycles. The summed E-state index contributed by atoms with van der Waals surface area (Å²) in [6.07, 6.45) is 5.51. The summed E-state index contributed by atoms with van der Waals surface area (Å²) in [5, 5.41) is 0. The molecule has 1 aliphatic carbocycles. The summed E-state index contributed by atoms with van der Waals surface area (Å²) in [7, 11) is 0. The fourth-order valence-corrected chi connectivity index (χ4v) is 2.98. The van der Waals surface area contributed by atoms with Gasteiger partial charge in [-0.05, 0) is 39.5 Å². The van der Waals surface area contributed by atoms with Crippen LogP contribution in [0.3, 0.4) is 0 Å². The first-order valence-electron chi connectivity index (χ1n) is 7.40. The average Bonchev–Trinajstić information content (AvgIpc) is 2.97. The normalized spacial score (nSPS) is 16.9. The van der Waals surface area contributed by atoms with Crippen LogP contribution in [0.2, 0.25) is 0 Å². The molecule has 1 aromatic rings. The monoisotopic (exact) mass is 312 g/mol. The van der Waals surface area contributed by atoms with Gasteiger partial charge in [0.25, 0.3) is 0 Å². The van der Waals surface area contributed by atoms with E-state index in [0.29, 0.717) is 30.3 Å². The Morgan fingerprint density at radius 1 is 1.33 bits per heavy atom. The molecule has 0 spiro atoms. The number of hydrogen-bond donors (Lipinski definition) is 0. The minimum Gasteiger partial charge on any atom is -0.462 e. The molecular formula is C15H21ClN2O3. The first-order valence-corrected chi connectivity index (χ1v) is 7.93. The molecule has 5 nitrogen and oxygen atoms in total. The molecule has 21 heavy (non-hydrogen) atoms. The van der Waals surface area contributed by atoms with E-state index in [1.165, 1.54) is 6.20 Å². The number of nitrogens with zero attached hydrogens (tertiary/aromatic N) is 2. The Morgan fingerprint density at radius 3 is 2.62 bits per heavy atom. The molecule has 1 fully saturated rings. The fraction of sp³-hybridized carbons (Fsp3) is 0.667. The Balaban J connectivity index is 2.35. The van der Waals surface area contributed by atoms with Gasteiger partial charge in [0, 0.05) is 12.8 Å². The van der Waals surface area contributed by atoms with E-state index in [4.69, 9.17) is 21.1 Å². The third-order valence-electron chi connectivity index (χ3n) is 3.73. The van der Waals surface area contributed by atoms with Crippen molar-refractivity contribution >= 4 is 17.6 Å². The topological polar surface area (TPSA) is 61.3 Å². The number of esters is 1. The van der Waals surface area contributed by atoms with Crippen LogP contribution in [-0.2, 0) is 21.0 Å². The van der Waals surface area contributed by atoms with Crippen molar-refractivity contribution in [3.8, 4) is 0 Å². The molecule has 1 aliphatic rings. The standard InChI is InChI=1S/C15H21ClN2O3/c1-3-20-13(19)11-10-17-14(18-12(11)9-16)15(21-4-2)7-5-6-8-15/h10H,3-9H2,1-2H3. The molecule has 0 aliphatic heterocycles. The molecule has 2 rings (SSSR count). The summed E-state index contributed by atoms with van der Waals surface area (Å²) in [6, 6.07) is 0. The van der Waals surface area contributed by atoms with Gasteiger partial charge in [-0.3, -0.25) is 0 Å². The zero-order chi connectivity index (χ0) is 15.3. The third kappa shape index (κ3) is 3.35. The van der Waals surface area contributed by atoms with Gasteiger partial charge in [-0.25, -0.2) is 14.8 Å². The number of hydrogen-bond acceptors (Lipinski definition) is 5. The molecule has 0 bridgehead atoms. The summed E-state index contributed by atoms with van der Waals surface area (Å²) in [4.78, 5) is 20.7. The maximum atomic E-state index is 11.9. The molecule has 0 unspecified atom stereocenters. The summed E-state index contributed by atoms with van der Waals surface area (Å²) in [5.74, 6) is 0.341. The molecule has 116 valence electrons. The first kappa shape index (κ1) is 16.2. The van der Waals surface area contributed by atoms with Crippen LogP contribution >= 0.6 is 11.6 Å². The van der Waals surface area contributed by atoms with Gasteiger partial charge in [0.15, 0.2) is 5.82 Å². The largest absolute Gasteiger partial charge is 0.462 e. The highest BCUT2D eigenvalue weighted by atomic mass is 35.5. The van der Waals surface area contributed by atoms with Crippen molar-refractivity contribution in [2.75, 3.05) is 13.2 Å². The molecule has 0 N–H and O–H groups in total. The summed E-state index contributed by atoms with van der Waals surface area (Å²) in [6.45, 7) is 4.65. The van der Waals surface area contributed by atoms with E-state index in [-0.39, 0.29) is 5.88 Å². The Hall–Kier alpha value is -1.20. The predicted octanol–water partition coefficient (Wildman–Crippen LogP) is 3.20. The van der Waals surface area contributed by atoms with E-state index in [2.05, 4.69) is 9.97 Å². The average molecular weight is 313 g/mol. The van der Waals surface area contributed by atoms with Gasteiger partial charge >= 0.3 is 5.97 Å². The van der Waals surface area contributed by atoms with Gasteiger partial charge in [0.05, 0.1) is 18.2 Å². The molecule has 0 radical (unpaired) electrons. The van der Waals surface area contributed by atoms with Gasteiger partial charge < -0.3 is 9.47 Å². The van der Waals surface area contributed by atoms with Crippen LogP contribution in [-0.4, -0.2) is 29.2 Å². The maximum absolute atomic E-state index is 11.9. The zero-order valence-corrected chi connectivity index (χ0v) is 13.3. The number of aromatic nitrogens is 2. The lowest BCUT2D eigenvalue weighted by molar-refractivity contribution is -0.0458. The Bertz CT molecular complexity index is 502. The van der Waals surface area contributed by atoms with Gasteiger partial charge in [0.2, 0.25) is 0 Å². The second-order valence-electron chi connectivity index (χ2n) is 5.04. The van der Waals surface area contributed by atoms with Crippen LogP contribution in [0.1, 0.15) is 61.4 Å². The van der Waals surface area contributed by atoms with Crippen molar-refractivity contribution in [3.63, 3.8) is 0 Å². The SMILES string of the molecule is CCOC(=O)c1cnc(C2(OCC)CCCC2)nc1CCl. The highest BCUT2D eigenvalue weighted by Gasteiger charge is 2.39. The zero-order valence-electron chi connectivity index (χ0n) is 12.5. The molecule has 1 heterocycles. The summed E-state index contributed by atoms with van der Waals surface area (Å²) >= 11 is 5.94. The number of alkyl halides is 1. The Morgan fingerprint density at radius 2 is 2.05 bits per heavy atom. The van der Waals surface area contributed by atoms with Crippen molar-refractivity contribution in [1.29, 1.82) is 0 Å². The van der Waals surface area contributed by atoms with Crippen molar-refractivity contribution < 1.29 is 14.3 Å². The van der Waals surface area contributed by atoms with E-state index in [0.717, 1.165) is 25.7 Å². The number of ether oxygens (including phenoxy) is 2. The highest BCUT2D eigenvalue weighted by Crippen LogP contribution is 2.40. The lowest BCUT2D eigenvalue weighted by Crippen LogP contribution is -2.30. The molecule has 0 aromatic carbocycles. The lowest BCUT2D eigenvalue weighted by atomic mass is 10.0. The Labute approximate surface area is 130 Å². The van der Waals surface area contributed by atoms with Crippen LogP contribution in [0.5, 0.6) is 0 Å². The van der Waals surface area contributed by atoms with Crippen molar-refractivity contribution in [2.45, 2.75) is 51.0 Å². The van der Waals surface area contributed by atoms with Crippen LogP contribution in [0.25, 0.3) is 0 Å². The lowest BCUT2D eigenvalue weighted by Gasteiger charge is -2.27. The molecule has 1 saturated carbocycles. The van der Waals surface area contributed by atoms with Crippen LogP contribution in [0, 0.1) is 0 Å². The molecule has 0 atom stereocenters. The number of rotatable bonds is 6. The molecular weight excluding hydrogens is 292 g/mol. The predicted molar refractivity (Wildman–Crippen MR) is 79.3 cm³/mol. The second kappa shape index (κ2) is 7.18. The van der Waals surface area contributed by atoms with Crippen LogP contribution in [0.15, 0.2) is 6.20 Å². The van der Waals surface area contributed by atoms with E-state index in [1.807, 2.05) is 6.92 Å². The van der Waals surface area contributed by atoms with Crippen molar-refractivity contribution in [2.24, 2.45) is 0 Å². The van der Waals surface area contributed by atoms with E-state index >= 15 is 0 Å². The number of carbonyl (C=O) groups excluding carboxylic acids is 1. The van der Waals surface area contributed by atoms with E-state index in [1.54, 1.807) is 6.92 Å². The molecule has 1 aromatic heterocycles. The highest BCUT2D eigenvalue weighted by molar-refractivity contribution is 6.17. The summed E-state index contributed by atoms with van der Waals surface area (Å²) in [5.41, 5.74) is 0.411. The van der Waals surface area contributed by atoms with Gasteiger partial charge in [0.1, 0.15) is 11.2 Å². The smallest absolute Gasteiger partial charge is 0.341 e. The minimum atomic E-state index is -0.434. The molecule has 0 amide bonds. The minimum absolute atomic E-state index is 0.145. The second-order valence-corrected chi connectivity index (χ2v) is 5.31. The van der Waals surface area contributed by atoms with Gasteiger partial charge in [-0.15, -0.1) is 11.6 Å². The Kier molecular flexibility index (Phi) is 5.53. The molecule has 6 heteroatoms. The quantitative estimate of drug-likeness (QED) is 0.596. The summed E-state index contributed by atoms with van der Waals surface area (Å²) < 4.78 is 10.9. The van der Waals surface area contributed by atoms with Crippen LogP contribution in [0.4, 0.5) is 0 Å². The van der Waals surface area contributed by atoms with E-state index < -0.39 is 11.6 Å². The van der Waals surface area contributed by atoms with Crippen LogP contribution < -0.4 is 0 Å². The first-order chi connectivity index (χ1) is 10.2. The maximum Gasteiger partial charge on any atom is 0.341 e. The number of halogens is 1.